The number of sulfonamides is 1. The Bertz CT molecular complexity index is 1320. The van der Waals surface area contributed by atoms with Gasteiger partial charge in [-0.15, -0.1) is 0 Å². The molecular formula is C27H24N2O4S. The molecule has 1 amide bonds. The number of hydrogen-bond donors (Lipinski definition) is 2. The van der Waals surface area contributed by atoms with Crippen LogP contribution in [0.3, 0.4) is 0 Å². The quantitative estimate of drug-likeness (QED) is 0.366. The second-order valence-electron chi connectivity index (χ2n) is 7.61. The first-order chi connectivity index (χ1) is 16.5. The number of rotatable bonds is 8. The van der Waals surface area contributed by atoms with Crippen molar-refractivity contribution < 1.29 is 17.9 Å². The Hall–Kier alpha value is -4.10. The van der Waals surface area contributed by atoms with Crippen molar-refractivity contribution in [2.75, 3.05) is 17.1 Å². The molecule has 0 aromatic heterocycles. The normalized spacial score (nSPS) is 11.1. The zero-order chi connectivity index (χ0) is 24.0. The SMILES string of the molecule is COc1ccc(NS(=O)(=O)c2cccc(NC(=O)C(c3ccccc3)c3ccccc3)c2)cc1. The molecule has 6 nitrogen and oxygen atoms in total. The van der Waals surface area contributed by atoms with Crippen LogP contribution < -0.4 is 14.8 Å². The van der Waals surface area contributed by atoms with E-state index in [0.717, 1.165) is 11.1 Å². The van der Waals surface area contributed by atoms with E-state index >= 15 is 0 Å². The average Bonchev–Trinajstić information content (AvgIpc) is 2.86. The van der Waals surface area contributed by atoms with Gasteiger partial charge in [0.15, 0.2) is 0 Å². The number of anilines is 2. The number of ether oxygens (including phenoxy) is 1. The van der Waals surface area contributed by atoms with Crippen molar-refractivity contribution in [3.05, 3.63) is 120 Å². The highest BCUT2D eigenvalue weighted by Gasteiger charge is 2.23. The Balaban J connectivity index is 1.57. The van der Waals surface area contributed by atoms with Crippen LogP contribution in [-0.2, 0) is 14.8 Å². The lowest BCUT2D eigenvalue weighted by Crippen LogP contribution is -2.22. The van der Waals surface area contributed by atoms with E-state index in [-0.39, 0.29) is 10.8 Å². The van der Waals surface area contributed by atoms with Crippen molar-refractivity contribution in [1.29, 1.82) is 0 Å². The third-order valence-electron chi connectivity index (χ3n) is 5.28. The Labute approximate surface area is 199 Å². The van der Waals surface area contributed by atoms with Gasteiger partial charge in [-0.25, -0.2) is 8.42 Å². The molecular weight excluding hydrogens is 448 g/mol. The number of carbonyl (C=O) groups is 1. The number of methoxy groups -OCH3 is 1. The maximum Gasteiger partial charge on any atom is 0.261 e. The molecule has 0 radical (unpaired) electrons. The summed E-state index contributed by atoms with van der Waals surface area (Å²) in [5.41, 5.74) is 2.48. The number of amides is 1. The van der Waals surface area contributed by atoms with E-state index in [1.165, 1.54) is 12.1 Å². The molecule has 2 N–H and O–H groups in total. The fourth-order valence-corrected chi connectivity index (χ4v) is 4.72. The lowest BCUT2D eigenvalue weighted by Gasteiger charge is -2.18. The number of hydrogen-bond acceptors (Lipinski definition) is 4. The van der Waals surface area contributed by atoms with E-state index in [0.29, 0.717) is 17.1 Å². The van der Waals surface area contributed by atoms with Crippen LogP contribution in [0.25, 0.3) is 0 Å². The first-order valence-corrected chi connectivity index (χ1v) is 12.1. The highest BCUT2D eigenvalue weighted by Crippen LogP contribution is 2.27. The minimum absolute atomic E-state index is 0.0390. The summed E-state index contributed by atoms with van der Waals surface area (Å²) in [6, 6.07) is 31.7. The Morgan fingerprint density at radius 2 is 1.32 bits per heavy atom. The third-order valence-corrected chi connectivity index (χ3v) is 6.66. The van der Waals surface area contributed by atoms with Gasteiger partial charge < -0.3 is 10.1 Å². The van der Waals surface area contributed by atoms with Crippen molar-refractivity contribution >= 4 is 27.3 Å². The van der Waals surface area contributed by atoms with Crippen molar-refractivity contribution in [2.45, 2.75) is 10.8 Å². The molecule has 0 aliphatic carbocycles. The molecule has 0 heterocycles. The molecule has 172 valence electrons. The second-order valence-corrected chi connectivity index (χ2v) is 9.29. The monoisotopic (exact) mass is 472 g/mol. The summed E-state index contributed by atoms with van der Waals surface area (Å²) in [5, 5.41) is 2.88. The molecule has 0 spiro atoms. The predicted molar refractivity (Wildman–Crippen MR) is 134 cm³/mol. The molecule has 34 heavy (non-hydrogen) atoms. The highest BCUT2D eigenvalue weighted by molar-refractivity contribution is 7.92. The zero-order valence-electron chi connectivity index (χ0n) is 18.5. The summed E-state index contributed by atoms with van der Waals surface area (Å²) >= 11 is 0. The summed E-state index contributed by atoms with van der Waals surface area (Å²) < 4.78 is 33.5. The first-order valence-electron chi connectivity index (χ1n) is 10.6. The number of benzene rings is 4. The van der Waals surface area contributed by atoms with E-state index in [2.05, 4.69) is 10.0 Å². The number of nitrogens with one attached hydrogen (secondary N) is 2. The predicted octanol–water partition coefficient (Wildman–Crippen LogP) is 5.27. The third kappa shape index (κ3) is 5.44. The van der Waals surface area contributed by atoms with Crippen molar-refractivity contribution in [2.24, 2.45) is 0 Å². The minimum atomic E-state index is -3.86. The van der Waals surface area contributed by atoms with Crippen LogP contribution in [-0.4, -0.2) is 21.4 Å². The van der Waals surface area contributed by atoms with Gasteiger partial charge in [0.1, 0.15) is 5.75 Å². The van der Waals surface area contributed by atoms with Crippen LogP contribution in [0.15, 0.2) is 114 Å². The summed E-state index contributed by atoms with van der Waals surface area (Å²) in [7, 11) is -2.32. The van der Waals surface area contributed by atoms with Gasteiger partial charge in [0.25, 0.3) is 10.0 Å². The lowest BCUT2D eigenvalue weighted by molar-refractivity contribution is -0.116. The van der Waals surface area contributed by atoms with Crippen molar-refractivity contribution in [3.8, 4) is 5.75 Å². The van der Waals surface area contributed by atoms with Crippen LogP contribution in [0.4, 0.5) is 11.4 Å². The van der Waals surface area contributed by atoms with E-state index in [9.17, 15) is 13.2 Å². The molecule has 4 aromatic rings. The summed E-state index contributed by atoms with van der Waals surface area (Å²) in [6.45, 7) is 0. The standard InChI is InChI=1S/C27H24N2O4S/c1-33-24-17-15-22(16-18-24)29-34(31,32)25-14-8-13-23(19-25)28-27(30)26(20-9-4-2-5-10-20)21-11-6-3-7-12-21/h2-19,26,29H,1H3,(H,28,30). The van der Waals surface area contributed by atoms with Crippen LogP contribution in [0.5, 0.6) is 5.75 Å². The van der Waals surface area contributed by atoms with Gasteiger partial charge in [-0.05, 0) is 53.6 Å². The van der Waals surface area contributed by atoms with Crippen molar-refractivity contribution in [1.82, 2.24) is 0 Å². The summed E-state index contributed by atoms with van der Waals surface area (Å²) in [5.74, 6) is -0.172. The maximum atomic E-state index is 13.3. The Morgan fingerprint density at radius 3 is 1.88 bits per heavy atom. The molecule has 4 aromatic carbocycles. The average molecular weight is 473 g/mol. The largest absolute Gasteiger partial charge is 0.497 e. The molecule has 0 atom stereocenters. The highest BCUT2D eigenvalue weighted by atomic mass is 32.2. The molecule has 7 heteroatoms. The maximum absolute atomic E-state index is 13.3. The molecule has 4 rings (SSSR count). The van der Waals surface area contributed by atoms with E-state index in [1.54, 1.807) is 43.5 Å². The summed E-state index contributed by atoms with van der Waals surface area (Å²) in [6.07, 6.45) is 0. The molecule has 0 saturated heterocycles. The number of carbonyl (C=O) groups excluding carboxylic acids is 1. The smallest absolute Gasteiger partial charge is 0.261 e. The Kier molecular flexibility index (Phi) is 6.94. The zero-order valence-corrected chi connectivity index (χ0v) is 19.3. The van der Waals surface area contributed by atoms with Gasteiger partial charge in [0, 0.05) is 11.4 Å². The topological polar surface area (TPSA) is 84.5 Å². The molecule has 0 bridgehead atoms. The van der Waals surface area contributed by atoms with Gasteiger partial charge in [0.2, 0.25) is 5.91 Å². The minimum Gasteiger partial charge on any atom is -0.497 e. The molecule has 0 aliphatic heterocycles. The van der Waals surface area contributed by atoms with Crippen LogP contribution in [0.1, 0.15) is 17.0 Å². The summed E-state index contributed by atoms with van der Waals surface area (Å²) in [4.78, 5) is 13.4. The van der Waals surface area contributed by atoms with Gasteiger partial charge in [-0.1, -0.05) is 66.7 Å². The van der Waals surface area contributed by atoms with E-state index < -0.39 is 15.9 Å². The van der Waals surface area contributed by atoms with Crippen molar-refractivity contribution in [3.63, 3.8) is 0 Å². The fraction of sp³-hybridized carbons (Fsp3) is 0.0741. The second kappa shape index (κ2) is 10.2. The first kappa shape index (κ1) is 23.1. The van der Waals surface area contributed by atoms with Gasteiger partial charge in [-0.3, -0.25) is 9.52 Å². The van der Waals surface area contributed by atoms with Crippen LogP contribution in [0, 0.1) is 0 Å². The molecule has 0 fully saturated rings. The van der Waals surface area contributed by atoms with Gasteiger partial charge in [0.05, 0.1) is 17.9 Å². The van der Waals surface area contributed by atoms with Crippen LogP contribution in [0.2, 0.25) is 0 Å². The van der Waals surface area contributed by atoms with Crippen LogP contribution >= 0.6 is 0 Å². The van der Waals surface area contributed by atoms with E-state index in [1.807, 2.05) is 60.7 Å². The molecule has 0 saturated carbocycles. The van der Waals surface area contributed by atoms with Gasteiger partial charge >= 0.3 is 0 Å². The van der Waals surface area contributed by atoms with Gasteiger partial charge in [-0.2, -0.15) is 0 Å². The lowest BCUT2D eigenvalue weighted by atomic mass is 9.90. The fourth-order valence-electron chi connectivity index (χ4n) is 3.61. The molecule has 0 unspecified atom stereocenters. The Morgan fingerprint density at radius 1 is 0.735 bits per heavy atom. The van der Waals surface area contributed by atoms with E-state index in [4.69, 9.17) is 4.74 Å². The molecule has 0 aliphatic rings.